The van der Waals surface area contributed by atoms with Crippen LogP contribution in [0.4, 0.5) is 5.69 Å². The maximum Gasteiger partial charge on any atom is 0.168 e. The molecule has 0 heterocycles. The highest BCUT2D eigenvalue weighted by Gasteiger charge is 2.08. The van der Waals surface area contributed by atoms with Crippen LogP contribution in [-0.2, 0) is 0 Å². The van der Waals surface area contributed by atoms with E-state index in [-0.39, 0.29) is 17.1 Å². The third kappa shape index (κ3) is 1.72. The zero-order valence-corrected chi connectivity index (χ0v) is 7.48. The molecule has 0 bridgehead atoms. The minimum Gasteiger partial charge on any atom is -0.504 e. The Balaban J connectivity index is 3.30. The third-order valence-corrected chi connectivity index (χ3v) is 1.75. The molecule has 0 aromatic heterocycles. The zero-order chi connectivity index (χ0) is 10.0. The molecular weight excluding hydrogens is 170 g/mol. The van der Waals surface area contributed by atoms with Crippen LogP contribution >= 0.6 is 0 Å². The minimum atomic E-state index is -0.374. The van der Waals surface area contributed by atoms with E-state index >= 15 is 0 Å². The molecule has 0 unspecified atom stereocenters. The molecule has 70 valence electrons. The average molecular weight is 181 g/mol. The van der Waals surface area contributed by atoms with Crippen molar-refractivity contribution in [2.75, 3.05) is 19.0 Å². The second-order valence-electron chi connectivity index (χ2n) is 2.92. The van der Waals surface area contributed by atoms with Gasteiger partial charge in [-0.15, -0.1) is 0 Å². The molecule has 4 nitrogen and oxygen atoms in total. The van der Waals surface area contributed by atoms with Crippen LogP contribution in [0.2, 0.25) is 0 Å². The smallest absolute Gasteiger partial charge is 0.168 e. The predicted octanol–water partition coefficient (Wildman–Crippen LogP) is 0.976. The van der Waals surface area contributed by atoms with Gasteiger partial charge in [-0.1, -0.05) is 0 Å². The molecule has 0 aliphatic rings. The van der Waals surface area contributed by atoms with Crippen LogP contribution in [0.3, 0.4) is 0 Å². The molecule has 0 radical (unpaired) electrons. The number of hydrogen-bond acceptors (Lipinski definition) is 4. The van der Waals surface area contributed by atoms with Crippen LogP contribution in [0.5, 0.6) is 11.5 Å². The second kappa shape index (κ2) is 3.35. The standard InChI is InChI=1S/C9H11NO3/c1-10(2)7-3-6(5-11)9(13)8(12)4-7/h3-5,12-13H,1-2H3. The van der Waals surface area contributed by atoms with E-state index in [4.69, 9.17) is 0 Å². The van der Waals surface area contributed by atoms with Crippen molar-refractivity contribution in [3.63, 3.8) is 0 Å². The van der Waals surface area contributed by atoms with Gasteiger partial charge >= 0.3 is 0 Å². The first-order valence-corrected chi connectivity index (χ1v) is 3.74. The fraction of sp³-hybridized carbons (Fsp3) is 0.222. The van der Waals surface area contributed by atoms with E-state index in [9.17, 15) is 15.0 Å². The molecule has 0 amide bonds. The quantitative estimate of drug-likeness (QED) is 0.527. The van der Waals surface area contributed by atoms with Crippen LogP contribution in [0.25, 0.3) is 0 Å². The molecule has 0 fully saturated rings. The summed E-state index contributed by atoms with van der Waals surface area (Å²) in [5.74, 6) is -0.658. The number of phenols is 2. The van der Waals surface area contributed by atoms with Crippen molar-refractivity contribution >= 4 is 12.0 Å². The Kier molecular flexibility index (Phi) is 2.41. The predicted molar refractivity (Wildman–Crippen MR) is 49.5 cm³/mol. The summed E-state index contributed by atoms with van der Waals surface area (Å²) in [5.41, 5.74) is 0.751. The first-order chi connectivity index (χ1) is 6.06. The summed E-state index contributed by atoms with van der Waals surface area (Å²) in [6.07, 6.45) is 0.502. The van der Waals surface area contributed by atoms with Gasteiger partial charge in [0, 0.05) is 25.8 Å². The zero-order valence-electron chi connectivity index (χ0n) is 7.48. The number of benzene rings is 1. The summed E-state index contributed by atoms with van der Waals surface area (Å²) in [6, 6.07) is 2.89. The molecular formula is C9H11NO3. The number of rotatable bonds is 2. The molecule has 13 heavy (non-hydrogen) atoms. The molecule has 0 aliphatic carbocycles. The molecule has 0 saturated carbocycles. The number of carbonyl (C=O) groups excluding carboxylic acids is 1. The minimum absolute atomic E-state index is 0.0868. The van der Waals surface area contributed by atoms with Crippen molar-refractivity contribution < 1.29 is 15.0 Å². The van der Waals surface area contributed by atoms with Gasteiger partial charge in [0.05, 0.1) is 5.56 Å². The van der Waals surface area contributed by atoms with E-state index in [1.165, 1.54) is 12.1 Å². The molecule has 4 heteroatoms. The lowest BCUT2D eigenvalue weighted by atomic mass is 10.1. The topological polar surface area (TPSA) is 60.8 Å². The molecule has 0 atom stereocenters. The van der Waals surface area contributed by atoms with Crippen LogP contribution in [0, 0.1) is 0 Å². The van der Waals surface area contributed by atoms with Gasteiger partial charge in [0.2, 0.25) is 0 Å². The van der Waals surface area contributed by atoms with E-state index in [1.807, 2.05) is 0 Å². The number of aldehydes is 1. The van der Waals surface area contributed by atoms with Gasteiger partial charge in [0.15, 0.2) is 17.8 Å². The van der Waals surface area contributed by atoms with Crippen LogP contribution < -0.4 is 4.90 Å². The Morgan fingerprint density at radius 2 is 1.92 bits per heavy atom. The second-order valence-corrected chi connectivity index (χ2v) is 2.92. The van der Waals surface area contributed by atoms with Crippen LogP contribution in [-0.4, -0.2) is 30.6 Å². The highest BCUT2D eigenvalue weighted by Crippen LogP contribution is 2.32. The van der Waals surface area contributed by atoms with E-state index in [2.05, 4.69) is 0 Å². The number of phenolic OH excluding ortho intramolecular Hbond substituents is 2. The summed E-state index contributed by atoms with van der Waals surface area (Å²) < 4.78 is 0. The summed E-state index contributed by atoms with van der Waals surface area (Å²) in [6.45, 7) is 0. The summed E-state index contributed by atoms with van der Waals surface area (Å²) in [5, 5.41) is 18.4. The average Bonchev–Trinajstić information content (AvgIpc) is 2.09. The number of nitrogens with zero attached hydrogens (tertiary/aromatic N) is 1. The van der Waals surface area contributed by atoms with Gasteiger partial charge in [-0.05, 0) is 6.07 Å². The Labute approximate surface area is 76.0 Å². The van der Waals surface area contributed by atoms with Gasteiger partial charge in [-0.25, -0.2) is 0 Å². The number of aromatic hydroxyl groups is 2. The normalized spacial score (nSPS) is 9.69. The van der Waals surface area contributed by atoms with Gasteiger partial charge in [0.1, 0.15) is 0 Å². The number of anilines is 1. The van der Waals surface area contributed by atoms with Crippen molar-refractivity contribution in [2.24, 2.45) is 0 Å². The Morgan fingerprint density at radius 1 is 1.31 bits per heavy atom. The number of hydrogen-bond donors (Lipinski definition) is 2. The van der Waals surface area contributed by atoms with Gasteiger partial charge < -0.3 is 15.1 Å². The van der Waals surface area contributed by atoms with Crippen molar-refractivity contribution in [3.8, 4) is 11.5 Å². The van der Waals surface area contributed by atoms with Crippen LogP contribution in [0.1, 0.15) is 10.4 Å². The highest BCUT2D eigenvalue weighted by molar-refractivity contribution is 5.83. The first-order valence-electron chi connectivity index (χ1n) is 3.74. The summed E-state index contributed by atoms with van der Waals surface area (Å²) in [7, 11) is 3.56. The van der Waals surface area contributed by atoms with E-state index in [0.717, 1.165) is 0 Å². The third-order valence-electron chi connectivity index (χ3n) is 1.75. The van der Waals surface area contributed by atoms with E-state index in [0.29, 0.717) is 12.0 Å². The number of carbonyl (C=O) groups is 1. The monoisotopic (exact) mass is 181 g/mol. The Bertz CT molecular complexity index is 334. The molecule has 1 aromatic rings. The summed E-state index contributed by atoms with van der Waals surface area (Å²) in [4.78, 5) is 12.2. The van der Waals surface area contributed by atoms with Crippen molar-refractivity contribution in [1.29, 1.82) is 0 Å². The molecule has 1 aromatic carbocycles. The molecule has 0 saturated heterocycles. The maximum absolute atomic E-state index is 10.5. The molecule has 2 N–H and O–H groups in total. The van der Waals surface area contributed by atoms with E-state index in [1.54, 1.807) is 19.0 Å². The van der Waals surface area contributed by atoms with Crippen LogP contribution in [0.15, 0.2) is 12.1 Å². The molecule has 0 spiro atoms. The fourth-order valence-corrected chi connectivity index (χ4v) is 0.974. The Morgan fingerprint density at radius 3 is 2.38 bits per heavy atom. The lowest BCUT2D eigenvalue weighted by Gasteiger charge is -2.13. The van der Waals surface area contributed by atoms with E-state index < -0.39 is 0 Å². The lowest BCUT2D eigenvalue weighted by Crippen LogP contribution is -2.08. The lowest BCUT2D eigenvalue weighted by molar-refractivity contribution is 0.112. The SMILES string of the molecule is CN(C)c1cc(O)c(O)c(C=O)c1. The maximum atomic E-state index is 10.5. The first kappa shape index (κ1) is 9.38. The molecule has 0 aliphatic heterocycles. The van der Waals surface area contributed by atoms with Crippen molar-refractivity contribution in [2.45, 2.75) is 0 Å². The van der Waals surface area contributed by atoms with Crippen molar-refractivity contribution in [3.05, 3.63) is 17.7 Å². The Hall–Kier alpha value is -1.71. The van der Waals surface area contributed by atoms with Gasteiger partial charge in [-0.3, -0.25) is 4.79 Å². The fourth-order valence-electron chi connectivity index (χ4n) is 0.974. The van der Waals surface area contributed by atoms with Crippen molar-refractivity contribution in [1.82, 2.24) is 0 Å². The largest absolute Gasteiger partial charge is 0.504 e. The van der Waals surface area contributed by atoms with Gasteiger partial charge in [-0.2, -0.15) is 0 Å². The molecule has 1 rings (SSSR count). The van der Waals surface area contributed by atoms with Gasteiger partial charge in [0.25, 0.3) is 0 Å². The highest BCUT2D eigenvalue weighted by atomic mass is 16.3. The summed E-state index contributed by atoms with van der Waals surface area (Å²) >= 11 is 0.